The van der Waals surface area contributed by atoms with Crippen molar-refractivity contribution in [2.24, 2.45) is 5.92 Å². The first-order valence-electron chi connectivity index (χ1n) is 7.17. The first kappa shape index (κ1) is 15.9. The fourth-order valence-corrected chi connectivity index (χ4v) is 3.26. The van der Waals surface area contributed by atoms with Crippen LogP contribution < -0.4 is 0 Å². The largest absolute Gasteiger partial charge is 0.350 e. The second-order valence-electron chi connectivity index (χ2n) is 7.02. The van der Waals surface area contributed by atoms with Gasteiger partial charge in [-0.15, -0.1) is 0 Å². The van der Waals surface area contributed by atoms with Gasteiger partial charge in [-0.3, -0.25) is 4.79 Å². The maximum Gasteiger partial charge on any atom is 0.164 e. The minimum atomic E-state index is -0.810. The van der Waals surface area contributed by atoms with Crippen molar-refractivity contribution in [2.75, 3.05) is 6.61 Å². The first-order valence-corrected chi connectivity index (χ1v) is 7.17. The maximum absolute atomic E-state index is 12.0. The highest BCUT2D eigenvalue weighted by molar-refractivity contribution is 5.82. The van der Waals surface area contributed by atoms with E-state index in [1.807, 2.05) is 41.5 Å². The number of hydrogen-bond donors (Lipinski definition) is 0. The Morgan fingerprint density at radius 2 is 1.65 bits per heavy atom. The van der Waals surface area contributed by atoms with Gasteiger partial charge in [0.1, 0.15) is 5.60 Å². The Morgan fingerprint density at radius 3 is 2.20 bits per heavy atom. The number of ether oxygens (including phenoxy) is 4. The molecule has 5 nitrogen and oxygen atoms in total. The molecule has 0 amide bonds. The van der Waals surface area contributed by atoms with E-state index in [-0.39, 0.29) is 17.8 Å². The molecule has 2 fully saturated rings. The second-order valence-corrected chi connectivity index (χ2v) is 7.02. The van der Waals surface area contributed by atoms with Gasteiger partial charge in [-0.2, -0.15) is 0 Å². The van der Waals surface area contributed by atoms with E-state index in [2.05, 4.69) is 0 Å². The Hall–Kier alpha value is -0.490. The molecule has 2 saturated heterocycles. The topological polar surface area (TPSA) is 54.0 Å². The zero-order valence-corrected chi connectivity index (χ0v) is 13.5. The zero-order chi connectivity index (χ0) is 15.3. The third kappa shape index (κ3) is 2.77. The Labute approximate surface area is 120 Å². The fraction of sp³-hybridized carbons (Fsp3) is 0.933. The van der Waals surface area contributed by atoms with Gasteiger partial charge >= 0.3 is 0 Å². The van der Waals surface area contributed by atoms with Crippen molar-refractivity contribution in [2.45, 2.75) is 77.8 Å². The molecule has 0 spiro atoms. The van der Waals surface area contributed by atoms with Crippen LogP contribution in [-0.2, 0) is 23.7 Å². The molecule has 20 heavy (non-hydrogen) atoms. The van der Waals surface area contributed by atoms with Crippen LogP contribution in [0.2, 0.25) is 0 Å². The van der Waals surface area contributed by atoms with Gasteiger partial charge in [-0.1, -0.05) is 6.92 Å². The Balaban J connectivity index is 2.34. The number of carbonyl (C=O) groups excluding carboxylic acids is 1. The summed E-state index contributed by atoms with van der Waals surface area (Å²) >= 11 is 0. The summed E-state index contributed by atoms with van der Waals surface area (Å²) in [7, 11) is 0. The molecular weight excluding hydrogens is 260 g/mol. The summed E-state index contributed by atoms with van der Waals surface area (Å²) in [5.74, 6) is -1.40. The molecule has 0 unspecified atom stereocenters. The van der Waals surface area contributed by atoms with Crippen molar-refractivity contribution in [3.05, 3.63) is 0 Å². The predicted molar refractivity (Wildman–Crippen MR) is 73.2 cm³/mol. The molecule has 5 heteroatoms. The van der Waals surface area contributed by atoms with Crippen molar-refractivity contribution in [1.29, 1.82) is 0 Å². The van der Waals surface area contributed by atoms with Crippen LogP contribution in [0.3, 0.4) is 0 Å². The van der Waals surface area contributed by atoms with Crippen LogP contribution in [-0.4, -0.2) is 41.8 Å². The molecule has 0 bridgehead atoms. The summed E-state index contributed by atoms with van der Waals surface area (Å²) in [6, 6.07) is 0. The van der Waals surface area contributed by atoms with Crippen LogP contribution in [0.5, 0.6) is 0 Å². The Morgan fingerprint density at radius 1 is 1.05 bits per heavy atom. The van der Waals surface area contributed by atoms with Gasteiger partial charge in [0.25, 0.3) is 0 Å². The average molecular weight is 286 g/mol. The number of ketones is 1. The molecule has 0 N–H and O–H groups in total. The quantitative estimate of drug-likeness (QED) is 0.779. The number of Topliss-reactive ketones (excluding diaryl/α,β-unsaturated/α-hetero) is 1. The lowest BCUT2D eigenvalue weighted by Gasteiger charge is -2.47. The normalized spacial score (nSPS) is 43.5. The van der Waals surface area contributed by atoms with Crippen molar-refractivity contribution in [1.82, 2.24) is 0 Å². The van der Waals surface area contributed by atoms with Crippen LogP contribution >= 0.6 is 0 Å². The average Bonchev–Trinajstić information content (AvgIpc) is 2.53. The molecule has 0 aromatic carbocycles. The van der Waals surface area contributed by atoms with Crippen molar-refractivity contribution in [3.63, 3.8) is 0 Å². The first-order chi connectivity index (χ1) is 8.97. The molecule has 0 radical (unpaired) electrons. The van der Waals surface area contributed by atoms with Gasteiger partial charge in [0.05, 0.1) is 12.7 Å². The molecule has 2 heterocycles. The van der Waals surface area contributed by atoms with Crippen LogP contribution in [0.15, 0.2) is 0 Å². The van der Waals surface area contributed by atoms with Gasteiger partial charge in [-0.05, 0) is 41.5 Å². The third-order valence-electron chi connectivity index (χ3n) is 3.94. The number of carbonyl (C=O) groups is 1. The van der Waals surface area contributed by atoms with E-state index in [4.69, 9.17) is 18.9 Å². The van der Waals surface area contributed by atoms with Gasteiger partial charge in [0.15, 0.2) is 23.5 Å². The van der Waals surface area contributed by atoms with Crippen LogP contribution in [0.25, 0.3) is 0 Å². The van der Waals surface area contributed by atoms with Gasteiger partial charge in [0.2, 0.25) is 0 Å². The smallest absolute Gasteiger partial charge is 0.164 e. The lowest BCUT2D eigenvalue weighted by molar-refractivity contribution is -0.326. The molecule has 0 aromatic heterocycles. The second kappa shape index (κ2) is 4.77. The standard InChI is InChI=1S/C15H26O5/c1-9-8-17-13(3,4)18-11(9)15(7)12(10(2)16)19-14(5,6)20-15/h9,11-12H,8H2,1-7H3/t9-,11+,12-,15+/m0/s1. The zero-order valence-electron chi connectivity index (χ0n) is 13.5. The van der Waals surface area contributed by atoms with Crippen molar-refractivity contribution in [3.8, 4) is 0 Å². The number of rotatable bonds is 2. The van der Waals surface area contributed by atoms with E-state index >= 15 is 0 Å². The van der Waals surface area contributed by atoms with E-state index in [0.29, 0.717) is 6.61 Å². The summed E-state index contributed by atoms with van der Waals surface area (Å²) < 4.78 is 23.6. The molecule has 2 aliphatic rings. The SMILES string of the molecule is CC(=O)[C@@H]1OC(C)(C)O[C@]1(C)[C@@H]1OC(C)(C)OC[C@@H]1C. The number of hydrogen-bond acceptors (Lipinski definition) is 5. The predicted octanol–water partition coefficient (Wildman–Crippen LogP) is 2.27. The monoisotopic (exact) mass is 286 g/mol. The lowest BCUT2D eigenvalue weighted by Crippen LogP contribution is -2.60. The van der Waals surface area contributed by atoms with Crippen LogP contribution in [0.1, 0.15) is 48.5 Å². The molecule has 0 aromatic rings. The lowest BCUT2D eigenvalue weighted by atomic mass is 9.83. The van der Waals surface area contributed by atoms with Gasteiger partial charge in [-0.25, -0.2) is 0 Å². The summed E-state index contributed by atoms with van der Waals surface area (Å²) in [6.45, 7) is 13.4. The van der Waals surface area contributed by atoms with Gasteiger partial charge < -0.3 is 18.9 Å². The van der Waals surface area contributed by atoms with E-state index in [1.54, 1.807) is 0 Å². The van der Waals surface area contributed by atoms with Gasteiger partial charge in [0, 0.05) is 5.92 Å². The van der Waals surface area contributed by atoms with Crippen molar-refractivity contribution >= 4 is 5.78 Å². The van der Waals surface area contributed by atoms with E-state index in [0.717, 1.165) is 0 Å². The molecular formula is C15H26O5. The summed E-state index contributed by atoms with van der Waals surface area (Å²) in [5.41, 5.74) is -0.810. The fourth-order valence-electron chi connectivity index (χ4n) is 3.26. The van der Waals surface area contributed by atoms with E-state index in [9.17, 15) is 4.79 Å². The summed E-state index contributed by atoms with van der Waals surface area (Å²) in [4.78, 5) is 12.0. The maximum atomic E-state index is 12.0. The van der Waals surface area contributed by atoms with Crippen LogP contribution in [0.4, 0.5) is 0 Å². The van der Waals surface area contributed by atoms with E-state index < -0.39 is 23.3 Å². The van der Waals surface area contributed by atoms with Crippen LogP contribution in [0, 0.1) is 5.92 Å². The molecule has 4 atom stereocenters. The Kier molecular flexibility index (Phi) is 3.79. The summed E-state index contributed by atoms with van der Waals surface area (Å²) in [6.07, 6.45) is -0.888. The molecule has 2 rings (SSSR count). The highest BCUT2D eigenvalue weighted by Crippen LogP contribution is 2.44. The molecule has 0 saturated carbocycles. The molecule has 0 aliphatic carbocycles. The highest BCUT2D eigenvalue weighted by atomic mass is 16.8. The minimum Gasteiger partial charge on any atom is -0.350 e. The minimum absolute atomic E-state index is 0.0434. The highest BCUT2D eigenvalue weighted by Gasteiger charge is 2.60. The molecule has 116 valence electrons. The third-order valence-corrected chi connectivity index (χ3v) is 3.94. The van der Waals surface area contributed by atoms with E-state index in [1.165, 1.54) is 6.92 Å². The summed E-state index contributed by atoms with van der Waals surface area (Å²) in [5, 5.41) is 0. The van der Waals surface area contributed by atoms with Crippen molar-refractivity contribution < 1.29 is 23.7 Å². The Bertz CT molecular complexity index is 403. The molecule has 2 aliphatic heterocycles.